The van der Waals surface area contributed by atoms with Gasteiger partial charge < -0.3 is 5.73 Å². The Bertz CT molecular complexity index is 532. The van der Waals surface area contributed by atoms with Crippen molar-refractivity contribution in [1.29, 1.82) is 0 Å². The average Bonchev–Trinajstić information content (AvgIpc) is 2.46. The lowest BCUT2D eigenvalue weighted by atomic mass is 9.86. The van der Waals surface area contributed by atoms with E-state index >= 15 is 0 Å². The number of hydrogen-bond acceptors (Lipinski definition) is 2. The molecule has 2 heteroatoms. The zero-order chi connectivity index (χ0) is 13.7. The van der Waals surface area contributed by atoms with Crippen molar-refractivity contribution in [2.45, 2.75) is 25.3 Å². The van der Waals surface area contributed by atoms with E-state index in [0.717, 1.165) is 12.0 Å². The van der Waals surface area contributed by atoms with Gasteiger partial charge in [0.05, 0.1) is 5.54 Å². The summed E-state index contributed by atoms with van der Waals surface area (Å²) in [4.78, 5) is 12.3. The fourth-order valence-electron chi connectivity index (χ4n) is 2.11. The molecule has 19 heavy (non-hydrogen) atoms. The molecule has 0 aliphatic heterocycles. The summed E-state index contributed by atoms with van der Waals surface area (Å²) in [5, 5.41) is 0. The Kier molecular flexibility index (Phi) is 4.13. The summed E-state index contributed by atoms with van der Waals surface area (Å²) in [6, 6.07) is 19.6. The van der Waals surface area contributed by atoms with Crippen LogP contribution in [0.3, 0.4) is 0 Å². The smallest absolute Gasteiger partial charge is 0.157 e. The Morgan fingerprint density at radius 3 is 2.11 bits per heavy atom. The van der Waals surface area contributed by atoms with Crippen LogP contribution in [0.25, 0.3) is 0 Å². The summed E-state index contributed by atoms with van der Waals surface area (Å²) in [6.07, 6.45) is 1.20. The predicted molar refractivity (Wildman–Crippen MR) is 77.8 cm³/mol. The van der Waals surface area contributed by atoms with Crippen molar-refractivity contribution in [3.63, 3.8) is 0 Å². The molecule has 98 valence electrons. The minimum atomic E-state index is -0.907. The number of benzene rings is 2. The molecule has 0 fully saturated rings. The molecule has 0 saturated heterocycles. The number of hydrogen-bond donors (Lipinski definition) is 1. The molecule has 0 heterocycles. The first kappa shape index (κ1) is 13.5. The van der Waals surface area contributed by atoms with Crippen molar-refractivity contribution in [3.05, 3.63) is 71.8 Å². The van der Waals surface area contributed by atoms with Crippen LogP contribution < -0.4 is 5.73 Å². The fraction of sp³-hybridized carbons (Fsp3) is 0.235. The van der Waals surface area contributed by atoms with Crippen LogP contribution >= 0.6 is 0 Å². The first-order chi connectivity index (χ1) is 9.10. The van der Waals surface area contributed by atoms with E-state index in [1.54, 1.807) is 6.92 Å². The maximum atomic E-state index is 12.3. The van der Waals surface area contributed by atoms with Gasteiger partial charge >= 0.3 is 0 Å². The molecule has 0 aliphatic rings. The second kappa shape index (κ2) is 5.81. The van der Waals surface area contributed by atoms with Crippen LogP contribution in [0.1, 0.15) is 24.5 Å². The number of carbonyl (C=O) groups excluding carboxylic acids is 1. The Morgan fingerprint density at radius 2 is 1.53 bits per heavy atom. The summed E-state index contributed by atoms with van der Waals surface area (Å²) in [5.41, 5.74) is 7.32. The first-order valence-corrected chi connectivity index (χ1v) is 6.52. The highest BCUT2D eigenvalue weighted by Crippen LogP contribution is 2.20. The molecule has 0 spiro atoms. The standard InChI is InChI=1S/C17H19NO/c1-17(18,15-10-6-3-7-11-15)16(19)13-12-14-8-4-2-5-9-14/h2-11H,12-13,18H2,1H3. The summed E-state index contributed by atoms with van der Waals surface area (Å²) in [7, 11) is 0. The topological polar surface area (TPSA) is 43.1 Å². The number of nitrogens with two attached hydrogens (primary N) is 1. The van der Waals surface area contributed by atoms with Gasteiger partial charge in [0.25, 0.3) is 0 Å². The highest BCUT2D eigenvalue weighted by atomic mass is 16.1. The van der Waals surface area contributed by atoms with Gasteiger partial charge in [-0.1, -0.05) is 60.7 Å². The molecule has 2 N–H and O–H groups in total. The quantitative estimate of drug-likeness (QED) is 0.890. The summed E-state index contributed by atoms with van der Waals surface area (Å²) >= 11 is 0. The van der Waals surface area contributed by atoms with Crippen molar-refractivity contribution >= 4 is 5.78 Å². The van der Waals surface area contributed by atoms with Crippen LogP contribution in [0.5, 0.6) is 0 Å². The molecular formula is C17H19NO. The maximum absolute atomic E-state index is 12.3. The summed E-state index contributed by atoms with van der Waals surface area (Å²) in [5.74, 6) is 0.0718. The molecule has 0 amide bonds. The van der Waals surface area contributed by atoms with Crippen LogP contribution in [-0.4, -0.2) is 5.78 Å². The molecular weight excluding hydrogens is 234 g/mol. The maximum Gasteiger partial charge on any atom is 0.157 e. The second-order valence-corrected chi connectivity index (χ2v) is 4.98. The van der Waals surface area contributed by atoms with Crippen LogP contribution in [-0.2, 0) is 16.8 Å². The van der Waals surface area contributed by atoms with E-state index in [4.69, 9.17) is 5.73 Å². The summed E-state index contributed by atoms with van der Waals surface area (Å²) < 4.78 is 0. The van der Waals surface area contributed by atoms with Crippen molar-refractivity contribution in [2.75, 3.05) is 0 Å². The molecule has 0 bridgehead atoms. The molecule has 0 radical (unpaired) electrons. The van der Waals surface area contributed by atoms with E-state index in [0.29, 0.717) is 6.42 Å². The Morgan fingerprint density at radius 1 is 1.00 bits per heavy atom. The minimum absolute atomic E-state index is 0.0718. The van der Waals surface area contributed by atoms with Crippen molar-refractivity contribution in [2.24, 2.45) is 5.73 Å². The van der Waals surface area contributed by atoms with Gasteiger partial charge in [0.1, 0.15) is 0 Å². The third-order valence-corrected chi connectivity index (χ3v) is 3.44. The van der Waals surface area contributed by atoms with Crippen LogP contribution in [0.2, 0.25) is 0 Å². The van der Waals surface area contributed by atoms with Crippen LogP contribution in [0, 0.1) is 0 Å². The highest BCUT2D eigenvalue weighted by molar-refractivity contribution is 5.89. The number of ketones is 1. The molecule has 2 aromatic carbocycles. The van der Waals surface area contributed by atoms with Crippen LogP contribution in [0.15, 0.2) is 60.7 Å². The third-order valence-electron chi connectivity index (χ3n) is 3.44. The largest absolute Gasteiger partial charge is 0.315 e. The van der Waals surface area contributed by atoms with Gasteiger partial charge in [0.2, 0.25) is 0 Å². The number of carbonyl (C=O) groups is 1. The van der Waals surface area contributed by atoms with E-state index in [2.05, 4.69) is 0 Å². The van der Waals surface area contributed by atoms with Gasteiger partial charge in [-0.15, -0.1) is 0 Å². The highest BCUT2D eigenvalue weighted by Gasteiger charge is 2.29. The Labute approximate surface area is 114 Å². The monoisotopic (exact) mass is 253 g/mol. The van der Waals surface area contributed by atoms with Crippen molar-refractivity contribution in [1.82, 2.24) is 0 Å². The van der Waals surface area contributed by atoms with Crippen molar-refractivity contribution < 1.29 is 4.79 Å². The zero-order valence-electron chi connectivity index (χ0n) is 11.2. The van der Waals surface area contributed by atoms with Gasteiger partial charge in [0, 0.05) is 6.42 Å². The summed E-state index contributed by atoms with van der Waals surface area (Å²) in [6.45, 7) is 1.79. The fourth-order valence-corrected chi connectivity index (χ4v) is 2.11. The molecule has 0 aliphatic carbocycles. The lowest BCUT2D eigenvalue weighted by Gasteiger charge is -2.23. The predicted octanol–water partition coefficient (Wildman–Crippen LogP) is 3.06. The Hall–Kier alpha value is -1.93. The minimum Gasteiger partial charge on any atom is -0.315 e. The third kappa shape index (κ3) is 3.30. The van der Waals surface area contributed by atoms with Gasteiger partial charge in [0.15, 0.2) is 5.78 Å². The second-order valence-electron chi connectivity index (χ2n) is 4.98. The lowest BCUT2D eigenvalue weighted by Crippen LogP contribution is -2.41. The molecule has 0 saturated carbocycles. The van der Waals surface area contributed by atoms with E-state index < -0.39 is 5.54 Å². The van der Waals surface area contributed by atoms with E-state index in [-0.39, 0.29) is 5.78 Å². The van der Waals surface area contributed by atoms with E-state index in [1.165, 1.54) is 5.56 Å². The molecule has 0 aromatic heterocycles. The zero-order valence-corrected chi connectivity index (χ0v) is 11.2. The lowest BCUT2D eigenvalue weighted by molar-refractivity contribution is -0.123. The first-order valence-electron chi connectivity index (χ1n) is 6.52. The van der Waals surface area contributed by atoms with Crippen molar-refractivity contribution in [3.8, 4) is 0 Å². The normalized spacial score (nSPS) is 13.8. The molecule has 2 rings (SSSR count). The van der Waals surface area contributed by atoms with Crippen LogP contribution in [0.4, 0.5) is 0 Å². The van der Waals surface area contributed by atoms with Gasteiger partial charge in [-0.25, -0.2) is 0 Å². The molecule has 1 unspecified atom stereocenters. The van der Waals surface area contributed by atoms with Gasteiger partial charge in [-0.05, 0) is 24.5 Å². The number of aryl methyl sites for hydroxylation is 1. The molecule has 2 nitrogen and oxygen atoms in total. The SMILES string of the molecule is CC(N)(C(=O)CCc1ccccc1)c1ccccc1. The van der Waals surface area contributed by atoms with Gasteiger partial charge in [-0.2, -0.15) is 0 Å². The average molecular weight is 253 g/mol. The Balaban J connectivity index is 2.03. The van der Waals surface area contributed by atoms with E-state index in [9.17, 15) is 4.79 Å². The molecule has 1 atom stereocenters. The molecule has 2 aromatic rings. The van der Waals surface area contributed by atoms with E-state index in [1.807, 2.05) is 60.7 Å². The number of rotatable bonds is 5. The van der Waals surface area contributed by atoms with Gasteiger partial charge in [-0.3, -0.25) is 4.79 Å². The number of Topliss-reactive ketones (excluding diaryl/α,β-unsaturated/α-hetero) is 1.